The van der Waals surface area contributed by atoms with E-state index in [1.54, 1.807) is 0 Å². The van der Waals surface area contributed by atoms with Gasteiger partial charge in [0.15, 0.2) is 0 Å². The summed E-state index contributed by atoms with van der Waals surface area (Å²) in [5, 5.41) is 0. The molecule has 0 fully saturated rings. The summed E-state index contributed by atoms with van der Waals surface area (Å²) in [7, 11) is 0. The molecule has 0 bridgehead atoms. The fraction of sp³-hybridized carbons (Fsp3) is 0.350. The molecule has 1 aliphatic rings. The Labute approximate surface area is 143 Å². The Bertz CT molecular complexity index is 727. The number of para-hydroxylation sites is 1. The molecule has 24 heavy (non-hydrogen) atoms. The molecule has 0 aliphatic carbocycles. The van der Waals surface area contributed by atoms with E-state index in [1.165, 1.54) is 11.1 Å². The molecule has 126 valence electrons. The van der Waals surface area contributed by atoms with Crippen LogP contribution in [-0.2, 0) is 17.8 Å². The summed E-state index contributed by atoms with van der Waals surface area (Å²) < 4.78 is 5.76. The van der Waals surface area contributed by atoms with Gasteiger partial charge in [-0.05, 0) is 54.7 Å². The largest absolute Gasteiger partial charge is 0.493 e. The number of rotatable bonds is 5. The number of anilines is 1. The standard InChI is InChI=1S/C20H24N2O2/c1-15-5-2-3-6-19(15)24-12-4-7-20(23)22-11-10-16-8-9-18(21)13-17(16)14-22/h2-3,5-6,8-9,13H,4,7,10-12,14,21H2,1H3. The van der Waals surface area contributed by atoms with Gasteiger partial charge in [0.25, 0.3) is 0 Å². The molecule has 4 nitrogen and oxygen atoms in total. The molecule has 0 aromatic heterocycles. The van der Waals surface area contributed by atoms with E-state index in [0.29, 0.717) is 19.6 Å². The number of aryl methyl sites for hydroxylation is 1. The lowest BCUT2D eigenvalue weighted by molar-refractivity contribution is -0.132. The lowest BCUT2D eigenvalue weighted by atomic mass is 9.99. The van der Waals surface area contributed by atoms with E-state index in [-0.39, 0.29) is 5.91 Å². The predicted molar refractivity (Wildman–Crippen MR) is 95.9 cm³/mol. The average Bonchev–Trinajstić information content (AvgIpc) is 2.59. The van der Waals surface area contributed by atoms with E-state index in [9.17, 15) is 4.79 Å². The maximum atomic E-state index is 12.4. The number of hydrogen-bond donors (Lipinski definition) is 1. The van der Waals surface area contributed by atoms with Crippen molar-refractivity contribution >= 4 is 11.6 Å². The van der Waals surface area contributed by atoms with Crippen LogP contribution >= 0.6 is 0 Å². The zero-order chi connectivity index (χ0) is 16.9. The van der Waals surface area contributed by atoms with Crippen molar-refractivity contribution in [3.63, 3.8) is 0 Å². The smallest absolute Gasteiger partial charge is 0.223 e. The van der Waals surface area contributed by atoms with Gasteiger partial charge in [-0.25, -0.2) is 0 Å². The lowest BCUT2D eigenvalue weighted by Crippen LogP contribution is -2.36. The number of hydrogen-bond acceptors (Lipinski definition) is 3. The molecule has 1 heterocycles. The molecular weight excluding hydrogens is 300 g/mol. The molecule has 0 saturated carbocycles. The maximum absolute atomic E-state index is 12.4. The summed E-state index contributed by atoms with van der Waals surface area (Å²) in [6.45, 7) is 4.04. The van der Waals surface area contributed by atoms with Gasteiger partial charge in [-0.1, -0.05) is 24.3 Å². The van der Waals surface area contributed by atoms with Crippen LogP contribution in [0.4, 0.5) is 5.69 Å². The van der Waals surface area contributed by atoms with E-state index < -0.39 is 0 Å². The van der Waals surface area contributed by atoms with Gasteiger partial charge in [0, 0.05) is 25.2 Å². The topological polar surface area (TPSA) is 55.6 Å². The van der Waals surface area contributed by atoms with Crippen molar-refractivity contribution in [2.75, 3.05) is 18.9 Å². The number of carbonyl (C=O) groups is 1. The van der Waals surface area contributed by atoms with Crippen molar-refractivity contribution in [1.29, 1.82) is 0 Å². The zero-order valence-electron chi connectivity index (χ0n) is 14.1. The number of nitrogen functional groups attached to an aromatic ring is 1. The Balaban J connectivity index is 1.47. The van der Waals surface area contributed by atoms with Crippen LogP contribution in [0, 0.1) is 6.92 Å². The summed E-state index contributed by atoms with van der Waals surface area (Å²) in [6.07, 6.45) is 2.15. The molecule has 1 aliphatic heterocycles. The molecular formula is C20H24N2O2. The van der Waals surface area contributed by atoms with Gasteiger partial charge in [-0.3, -0.25) is 4.79 Å². The van der Waals surface area contributed by atoms with Crippen LogP contribution in [0.5, 0.6) is 5.75 Å². The van der Waals surface area contributed by atoms with Crippen LogP contribution in [-0.4, -0.2) is 24.0 Å². The Morgan fingerprint density at radius 3 is 2.88 bits per heavy atom. The number of nitrogens with two attached hydrogens (primary N) is 1. The minimum Gasteiger partial charge on any atom is -0.493 e. The number of carbonyl (C=O) groups excluding carboxylic acids is 1. The molecule has 0 atom stereocenters. The summed E-state index contributed by atoms with van der Waals surface area (Å²) in [5.41, 5.74) is 10.2. The van der Waals surface area contributed by atoms with E-state index in [4.69, 9.17) is 10.5 Å². The number of amides is 1. The Morgan fingerprint density at radius 2 is 2.04 bits per heavy atom. The summed E-state index contributed by atoms with van der Waals surface area (Å²) >= 11 is 0. The van der Waals surface area contributed by atoms with Crippen molar-refractivity contribution in [3.8, 4) is 5.75 Å². The van der Waals surface area contributed by atoms with E-state index >= 15 is 0 Å². The molecule has 3 rings (SSSR count). The van der Waals surface area contributed by atoms with Crippen LogP contribution in [0.2, 0.25) is 0 Å². The monoisotopic (exact) mass is 324 g/mol. The van der Waals surface area contributed by atoms with E-state index in [2.05, 4.69) is 6.07 Å². The van der Waals surface area contributed by atoms with E-state index in [0.717, 1.165) is 36.4 Å². The molecule has 2 aromatic rings. The van der Waals surface area contributed by atoms with Crippen LogP contribution in [0.15, 0.2) is 42.5 Å². The highest BCUT2D eigenvalue weighted by molar-refractivity contribution is 5.76. The second-order valence-electron chi connectivity index (χ2n) is 6.31. The third kappa shape index (κ3) is 3.88. The van der Waals surface area contributed by atoms with Crippen molar-refractivity contribution < 1.29 is 9.53 Å². The summed E-state index contributed by atoms with van der Waals surface area (Å²) in [4.78, 5) is 14.3. The highest BCUT2D eigenvalue weighted by Gasteiger charge is 2.20. The van der Waals surface area contributed by atoms with Gasteiger partial charge in [-0.2, -0.15) is 0 Å². The minimum atomic E-state index is 0.191. The van der Waals surface area contributed by atoms with Gasteiger partial charge in [0.1, 0.15) is 5.75 Å². The lowest BCUT2D eigenvalue weighted by Gasteiger charge is -2.29. The van der Waals surface area contributed by atoms with Gasteiger partial charge >= 0.3 is 0 Å². The number of benzene rings is 2. The van der Waals surface area contributed by atoms with Crippen molar-refractivity contribution in [2.45, 2.75) is 32.7 Å². The highest BCUT2D eigenvalue weighted by Crippen LogP contribution is 2.22. The minimum absolute atomic E-state index is 0.191. The Hall–Kier alpha value is -2.49. The molecule has 0 unspecified atom stereocenters. The van der Waals surface area contributed by atoms with Crippen molar-refractivity contribution in [2.24, 2.45) is 0 Å². The second-order valence-corrected chi connectivity index (χ2v) is 6.31. The third-order valence-electron chi connectivity index (χ3n) is 4.48. The first-order valence-corrected chi connectivity index (χ1v) is 8.47. The summed E-state index contributed by atoms with van der Waals surface area (Å²) in [6, 6.07) is 13.9. The quantitative estimate of drug-likeness (QED) is 0.678. The second kappa shape index (κ2) is 7.39. The normalized spacial score (nSPS) is 13.5. The first-order valence-electron chi connectivity index (χ1n) is 8.47. The number of fused-ring (bicyclic) bond motifs is 1. The predicted octanol–water partition coefficient (Wildman–Crippen LogP) is 3.32. The zero-order valence-corrected chi connectivity index (χ0v) is 14.1. The fourth-order valence-electron chi connectivity index (χ4n) is 3.07. The molecule has 0 spiro atoms. The van der Waals surface area contributed by atoms with Crippen molar-refractivity contribution in [1.82, 2.24) is 4.90 Å². The fourth-order valence-corrected chi connectivity index (χ4v) is 3.07. The van der Waals surface area contributed by atoms with Gasteiger partial charge in [0.05, 0.1) is 6.61 Å². The first kappa shape index (κ1) is 16.4. The maximum Gasteiger partial charge on any atom is 0.223 e. The molecule has 2 N–H and O–H groups in total. The van der Waals surface area contributed by atoms with Crippen LogP contribution in [0.3, 0.4) is 0 Å². The van der Waals surface area contributed by atoms with E-state index in [1.807, 2.05) is 48.2 Å². The van der Waals surface area contributed by atoms with Gasteiger partial charge in [0.2, 0.25) is 5.91 Å². The molecule has 0 radical (unpaired) electrons. The Kier molecular flexibility index (Phi) is 5.04. The molecule has 2 aromatic carbocycles. The average molecular weight is 324 g/mol. The molecule has 0 saturated heterocycles. The van der Waals surface area contributed by atoms with Crippen molar-refractivity contribution in [3.05, 3.63) is 59.2 Å². The molecule has 4 heteroatoms. The van der Waals surface area contributed by atoms with Crippen LogP contribution in [0.1, 0.15) is 29.5 Å². The number of nitrogens with zero attached hydrogens (tertiary/aromatic N) is 1. The molecule has 1 amide bonds. The first-order chi connectivity index (χ1) is 11.6. The van der Waals surface area contributed by atoms with Gasteiger partial charge < -0.3 is 15.4 Å². The third-order valence-corrected chi connectivity index (χ3v) is 4.48. The number of ether oxygens (including phenoxy) is 1. The SMILES string of the molecule is Cc1ccccc1OCCCC(=O)N1CCc2ccc(N)cc2C1. The van der Waals surface area contributed by atoms with Crippen LogP contribution < -0.4 is 10.5 Å². The van der Waals surface area contributed by atoms with Crippen LogP contribution in [0.25, 0.3) is 0 Å². The Morgan fingerprint density at radius 1 is 1.21 bits per heavy atom. The summed E-state index contributed by atoms with van der Waals surface area (Å²) in [5.74, 6) is 1.09. The van der Waals surface area contributed by atoms with Gasteiger partial charge in [-0.15, -0.1) is 0 Å². The highest BCUT2D eigenvalue weighted by atomic mass is 16.5.